The van der Waals surface area contributed by atoms with Crippen LogP contribution in [0.5, 0.6) is 0 Å². The van der Waals surface area contributed by atoms with E-state index in [2.05, 4.69) is 151 Å². The number of aromatic nitrogens is 3. The maximum absolute atomic E-state index is 5.06. The molecule has 0 spiro atoms. The number of benzene rings is 6. The van der Waals surface area contributed by atoms with Crippen LogP contribution in [-0.4, -0.2) is 15.0 Å². The molecule has 3 heteroatoms. The van der Waals surface area contributed by atoms with E-state index in [9.17, 15) is 0 Å². The van der Waals surface area contributed by atoms with Gasteiger partial charge in [0.05, 0.1) is 27.9 Å². The minimum Gasteiger partial charge on any atom is -0.254 e. The minimum absolute atomic E-state index is 0.938. The topological polar surface area (TPSA) is 38.7 Å². The van der Waals surface area contributed by atoms with E-state index >= 15 is 0 Å². The van der Waals surface area contributed by atoms with Crippen LogP contribution in [0.3, 0.4) is 0 Å². The molecule has 0 saturated heterocycles. The first kappa shape index (κ1) is 28.1. The summed E-state index contributed by atoms with van der Waals surface area (Å²) in [5.74, 6) is 0. The van der Waals surface area contributed by atoms with Gasteiger partial charge >= 0.3 is 0 Å². The van der Waals surface area contributed by atoms with E-state index in [1.807, 2.05) is 18.3 Å². The molecule has 9 rings (SSSR count). The van der Waals surface area contributed by atoms with Crippen LogP contribution >= 0.6 is 0 Å². The molecule has 0 aliphatic rings. The fraction of sp³-hybridized carbons (Fsp3) is 0.0444. The predicted molar refractivity (Wildman–Crippen MR) is 201 cm³/mol. The maximum atomic E-state index is 5.06. The molecule has 6 aromatic carbocycles. The van der Waals surface area contributed by atoms with Gasteiger partial charge in [0.25, 0.3) is 0 Å². The molecule has 0 radical (unpaired) electrons. The molecule has 3 aromatic heterocycles. The molecule has 3 nitrogen and oxygen atoms in total. The number of nitrogens with zero attached hydrogens (tertiary/aromatic N) is 3. The summed E-state index contributed by atoms with van der Waals surface area (Å²) in [6, 6.07) is 54.0. The van der Waals surface area contributed by atoms with Crippen LogP contribution < -0.4 is 0 Å². The molecule has 0 aliphatic heterocycles. The van der Waals surface area contributed by atoms with Gasteiger partial charge in [0, 0.05) is 33.5 Å². The molecule has 9 aromatic rings. The summed E-state index contributed by atoms with van der Waals surface area (Å²) < 4.78 is 0. The van der Waals surface area contributed by atoms with E-state index in [4.69, 9.17) is 9.97 Å². The van der Waals surface area contributed by atoms with Gasteiger partial charge in [-0.05, 0) is 81.4 Å². The lowest BCUT2D eigenvalue weighted by molar-refractivity contribution is 1.16. The van der Waals surface area contributed by atoms with Crippen LogP contribution in [0.4, 0.5) is 0 Å². The van der Waals surface area contributed by atoms with E-state index in [1.165, 1.54) is 38.6 Å². The Morgan fingerprint density at radius 1 is 0.438 bits per heavy atom. The van der Waals surface area contributed by atoms with Crippen molar-refractivity contribution in [3.63, 3.8) is 0 Å². The van der Waals surface area contributed by atoms with Gasteiger partial charge in [0.1, 0.15) is 0 Å². The summed E-state index contributed by atoms with van der Waals surface area (Å²) in [7, 11) is 0. The Morgan fingerprint density at radius 2 is 1.06 bits per heavy atom. The Hall–Kier alpha value is -6.19. The van der Waals surface area contributed by atoms with Gasteiger partial charge in [-0.1, -0.05) is 122 Å². The molecule has 226 valence electrons. The van der Waals surface area contributed by atoms with Gasteiger partial charge in [0.15, 0.2) is 0 Å². The Morgan fingerprint density at radius 3 is 1.90 bits per heavy atom. The number of aryl methyl sites for hydroxylation is 1. The zero-order valence-corrected chi connectivity index (χ0v) is 26.6. The zero-order chi connectivity index (χ0) is 32.0. The third-order valence-electron chi connectivity index (χ3n) is 9.50. The molecule has 0 fully saturated rings. The van der Waals surface area contributed by atoms with Crippen molar-refractivity contribution < 1.29 is 0 Å². The van der Waals surface area contributed by atoms with Crippen LogP contribution in [0.1, 0.15) is 12.5 Å². The van der Waals surface area contributed by atoms with Crippen molar-refractivity contribution in [1.29, 1.82) is 0 Å². The number of hydrogen-bond acceptors (Lipinski definition) is 3. The molecule has 0 amide bonds. The lowest BCUT2D eigenvalue weighted by atomic mass is 9.90. The van der Waals surface area contributed by atoms with Crippen molar-refractivity contribution in [3.8, 4) is 44.8 Å². The fourth-order valence-corrected chi connectivity index (χ4v) is 6.99. The Bertz CT molecular complexity index is 2640. The molecule has 0 atom stereocenters. The van der Waals surface area contributed by atoms with Gasteiger partial charge in [-0.15, -0.1) is 0 Å². The molecule has 0 aliphatic carbocycles. The second-order valence-electron chi connectivity index (χ2n) is 12.3. The second kappa shape index (κ2) is 11.6. The number of hydrogen-bond donors (Lipinski definition) is 0. The van der Waals surface area contributed by atoms with E-state index in [1.54, 1.807) is 0 Å². The number of rotatable bonds is 5. The highest BCUT2D eigenvalue weighted by atomic mass is 14.8. The van der Waals surface area contributed by atoms with E-state index in [0.717, 1.165) is 61.6 Å². The van der Waals surface area contributed by atoms with E-state index in [-0.39, 0.29) is 0 Å². The van der Waals surface area contributed by atoms with Crippen LogP contribution in [0.15, 0.2) is 158 Å². The van der Waals surface area contributed by atoms with E-state index in [0.29, 0.717) is 0 Å². The zero-order valence-electron chi connectivity index (χ0n) is 26.6. The third-order valence-corrected chi connectivity index (χ3v) is 9.50. The van der Waals surface area contributed by atoms with Gasteiger partial charge < -0.3 is 0 Å². The molecular weight excluding hydrogens is 583 g/mol. The predicted octanol–water partition coefficient (Wildman–Crippen LogP) is 11.7. The summed E-state index contributed by atoms with van der Waals surface area (Å²) in [4.78, 5) is 14.6. The second-order valence-corrected chi connectivity index (χ2v) is 12.3. The summed E-state index contributed by atoms with van der Waals surface area (Å²) >= 11 is 0. The molecule has 0 N–H and O–H groups in total. The van der Waals surface area contributed by atoms with E-state index < -0.39 is 0 Å². The molecule has 0 unspecified atom stereocenters. The van der Waals surface area contributed by atoms with Gasteiger partial charge in [-0.3, -0.25) is 4.98 Å². The van der Waals surface area contributed by atoms with Gasteiger partial charge in [0.2, 0.25) is 0 Å². The minimum atomic E-state index is 0.938. The quantitative estimate of drug-likeness (QED) is 0.181. The monoisotopic (exact) mass is 613 g/mol. The average Bonchev–Trinajstić information content (AvgIpc) is 3.17. The van der Waals surface area contributed by atoms with Crippen molar-refractivity contribution in [2.75, 3.05) is 0 Å². The van der Waals surface area contributed by atoms with Crippen LogP contribution in [-0.2, 0) is 6.42 Å². The largest absolute Gasteiger partial charge is 0.254 e. The number of pyridine rings is 3. The first-order valence-corrected chi connectivity index (χ1v) is 16.5. The average molecular weight is 614 g/mol. The molecule has 3 heterocycles. The van der Waals surface area contributed by atoms with Crippen LogP contribution in [0.25, 0.3) is 88.2 Å². The lowest BCUT2D eigenvalue weighted by Crippen LogP contribution is -1.92. The van der Waals surface area contributed by atoms with Gasteiger partial charge in [-0.2, -0.15) is 0 Å². The highest BCUT2D eigenvalue weighted by molar-refractivity contribution is 6.03. The maximum Gasteiger partial charge on any atom is 0.0972 e. The standard InChI is InChI=1S/C45H31N3/c1-2-38-39(29-10-13-32(14-11-29)42-23-19-34-16-15-33-9-6-26-46-44(33)45(34)48-42)22-18-30-12-17-36(28-40(30)38)35-20-24-43-37(27-35)21-25-41(47-43)31-7-4-3-5-8-31/h3-28H,2H2,1H3. The first-order chi connectivity index (χ1) is 23.7. The normalized spacial score (nSPS) is 11.5. The molecule has 0 bridgehead atoms. The van der Waals surface area contributed by atoms with Crippen molar-refractivity contribution in [1.82, 2.24) is 15.0 Å². The van der Waals surface area contributed by atoms with Crippen LogP contribution in [0.2, 0.25) is 0 Å². The Labute approximate surface area is 279 Å². The summed E-state index contributed by atoms with van der Waals surface area (Å²) in [5.41, 5.74) is 13.3. The van der Waals surface area contributed by atoms with Crippen molar-refractivity contribution in [3.05, 3.63) is 163 Å². The van der Waals surface area contributed by atoms with Gasteiger partial charge in [-0.25, -0.2) is 9.97 Å². The highest BCUT2D eigenvalue weighted by Crippen LogP contribution is 2.36. The third kappa shape index (κ3) is 4.88. The molecule has 48 heavy (non-hydrogen) atoms. The summed E-state index contributed by atoms with van der Waals surface area (Å²) in [6.07, 6.45) is 2.78. The highest BCUT2D eigenvalue weighted by Gasteiger charge is 2.12. The number of fused-ring (bicyclic) bond motifs is 5. The molecular formula is C45H31N3. The SMILES string of the molecule is CCc1c(-c2ccc(-c3ccc4ccc5cccnc5c4n3)cc2)ccc2ccc(-c3ccc4nc(-c5ccccc5)ccc4c3)cc12. The van der Waals surface area contributed by atoms with Crippen LogP contribution in [0, 0.1) is 0 Å². The summed E-state index contributed by atoms with van der Waals surface area (Å²) in [6.45, 7) is 2.25. The molecule has 0 saturated carbocycles. The van der Waals surface area contributed by atoms with Crippen molar-refractivity contribution in [2.24, 2.45) is 0 Å². The Kier molecular flexibility index (Phi) is 6.76. The first-order valence-electron chi connectivity index (χ1n) is 16.5. The summed E-state index contributed by atoms with van der Waals surface area (Å²) in [5, 5.41) is 5.90. The smallest absolute Gasteiger partial charge is 0.0972 e. The fourth-order valence-electron chi connectivity index (χ4n) is 6.99. The lowest BCUT2D eigenvalue weighted by Gasteiger charge is -2.14. The van der Waals surface area contributed by atoms with Crippen molar-refractivity contribution in [2.45, 2.75) is 13.3 Å². The Balaban J connectivity index is 1.06. The van der Waals surface area contributed by atoms with Crippen molar-refractivity contribution >= 4 is 43.5 Å².